The van der Waals surface area contributed by atoms with Gasteiger partial charge in [-0.1, -0.05) is 6.92 Å². The first-order chi connectivity index (χ1) is 5.66. The van der Waals surface area contributed by atoms with E-state index >= 15 is 0 Å². The summed E-state index contributed by atoms with van der Waals surface area (Å²) in [6.45, 7) is 4.79. The lowest BCUT2D eigenvalue weighted by Crippen LogP contribution is -2.24. The first kappa shape index (κ1) is 11.4. The van der Waals surface area contributed by atoms with E-state index < -0.39 is 0 Å². The van der Waals surface area contributed by atoms with Crippen LogP contribution in [0.5, 0.6) is 0 Å². The molecule has 1 unspecified atom stereocenters. The molecule has 1 atom stereocenters. The lowest BCUT2D eigenvalue weighted by atomic mass is 10.1. The van der Waals surface area contributed by atoms with Gasteiger partial charge in [-0.15, -0.1) is 0 Å². The standard InChI is InChI=1S/C9H20N2O/c1-3-7-11-9(12)6-4-5-8(2)10/h8H,3-7,10H2,1-2H3,(H,11,12). The Hall–Kier alpha value is -0.570. The van der Waals surface area contributed by atoms with Crippen LogP contribution in [0.1, 0.15) is 39.5 Å². The molecular formula is C9H20N2O. The maximum Gasteiger partial charge on any atom is 0.219 e. The third-order valence-corrected chi connectivity index (χ3v) is 1.64. The lowest BCUT2D eigenvalue weighted by Gasteiger charge is -2.04. The molecule has 0 aromatic carbocycles. The first-order valence-corrected chi connectivity index (χ1v) is 4.69. The Balaban J connectivity index is 3.20. The third-order valence-electron chi connectivity index (χ3n) is 1.64. The molecule has 0 bridgehead atoms. The van der Waals surface area contributed by atoms with E-state index in [4.69, 9.17) is 5.73 Å². The van der Waals surface area contributed by atoms with Crippen molar-refractivity contribution in [2.45, 2.75) is 45.6 Å². The second kappa shape index (κ2) is 7.10. The second-order valence-electron chi connectivity index (χ2n) is 3.22. The van der Waals surface area contributed by atoms with Crippen LogP contribution < -0.4 is 11.1 Å². The summed E-state index contributed by atoms with van der Waals surface area (Å²) in [7, 11) is 0. The monoisotopic (exact) mass is 172 g/mol. The molecule has 0 fully saturated rings. The van der Waals surface area contributed by atoms with Crippen molar-refractivity contribution in [2.24, 2.45) is 5.73 Å². The lowest BCUT2D eigenvalue weighted by molar-refractivity contribution is -0.121. The van der Waals surface area contributed by atoms with Crippen LogP contribution in [0.25, 0.3) is 0 Å². The highest BCUT2D eigenvalue weighted by atomic mass is 16.1. The molecule has 0 aliphatic rings. The largest absolute Gasteiger partial charge is 0.356 e. The molecule has 3 N–H and O–H groups in total. The maximum atomic E-state index is 11.0. The fraction of sp³-hybridized carbons (Fsp3) is 0.889. The molecule has 0 radical (unpaired) electrons. The van der Waals surface area contributed by atoms with E-state index in [2.05, 4.69) is 5.32 Å². The summed E-state index contributed by atoms with van der Waals surface area (Å²) in [5, 5.41) is 2.83. The SMILES string of the molecule is CCCNC(=O)CCCC(C)N. The normalized spacial score (nSPS) is 12.6. The smallest absolute Gasteiger partial charge is 0.219 e. The van der Waals surface area contributed by atoms with Gasteiger partial charge in [0.1, 0.15) is 0 Å². The van der Waals surface area contributed by atoms with Gasteiger partial charge in [0.2, 0.25) is 5.91 Å². The van der Waals surface area contributed by atoms with Crippen molar-refractivity contribution in [1.29, 1.82) is 0 Å². The van der Waals surface area contributed by atoms with Gasteiger partial charge in [-0.3, -0.25) is 4.79 Å². The fourth-order valence-corrected chi connectivity index (χ4v) is 0.937. The number of nitrogens with two attached hydrogens (primary N) is 1. The summed E-state index contributed by atoms with van der Waals surface area (Å²) in [5.74, 6) is 0.150. The molecule has 3 nitrogen and oxygen atoms in total. The molecule has 72 valence electrons. The summed E-state index contributed by atoms with van der Waals surface area (Å²) in [6.07, 6.45) is 3.44. The van der Waals surface area contributed by atoms with Gasteiger partial charge in [-0.05, 0) is 26.2 Å². The highest BCUT2D eigenvalue weighted by Gasteiger charge is 2.00. The van der Waals surface area contributed by atoms with Gasteiger partial charge in [0.05, 0.1) is 0 Å². The van der Waals surface area contributed by atoms with Crippen LogP contribution in [0.4, 0.5) is 0 Å². The average molecular weight is 172 g/mol. The minimum Gasteiger partial charge on any atom is -0.356 e. The predicted molar refractivity (Wildman–Crippen MR) is 50.8 cm³/mol. The summed E-state index contributed by atoms with van der Waals surface area (Å²) < 4.78 is 0. The van der Waals surface area contributed by atoms with Gasteiger partial charge in [0.15, 0.2) is 0 Å². The topological polar surface area (TPSA) is 55.1 Å². The number of amides is 1. The molecular weight excluding hydrogens is 152 g/mol. The van der Waals surface area contributed by atoms with E-state index in [1.54, 1.807) is 0 Å². The van der Waals surface area contributed by atoms with E-state index in [9.17, 15) is 4.79 Å². The highest BCUT2D eigenvalue weighted by Crippen LogP contribution is 1.97. The summed E-state index contributed by atoms with van der Waals surface area (Å²) in [4.78, 5) is 11.0. The van der Waals surface area contributed by atoms with Crippen LogP contribution in [0.15, 0.2) is 0 Å². The van der Waals surface area contributed by atoms with E-state index in [1.165, 1.54) is 0 Å². The number of carbonyl (C=O) groups is 1. The summed E-state index contributed by atoms with van der Waals surface area (Å²) in [6, 6.07) is 0.212. The Morgan fingerprint density at radius 3 is 2.75 bits per heavy atom. The molecule has 0 aromatic heterocycles. The van der Waals surface area contributed by atoms with Gasteiger partial charge in [-0.2, -0.15) is 0 Å². The number of carbonyl (C=O) groups excluding carboxylic acids is 1. The van der Waals surface area contributed by atoms with Crippen molar-refractivity contribution >= 4 is 5.91 Å². The van der Waals surface area contributed by atoms with Crippen molar-refractivity contribution < 1.29 is 4.79 Å². The minimum atomic E-state index is 0.150. The fourth-order valence-electron chi connectivity index (χ4n) is 0.937. The van der Waals surface area contributed by atoms with Crippen LogP contribution in [-0.2, 0) is 4.79 Å². The quantitative estimate of drug-likeness (QED) is 0.628. The van der Waals surface area contributed by atoms with Gasteiger partial charge in [0.25, 0.3) is 0 Å². The minimum absolute atomic E-state index is 0.150. The zero-order valence-corrected chi connectivity index (χ0v) is 8.10. The van der Waals surface area contributed by atoms with Crippen molar-refractivity contribution in [3.63, 3.8) is 0 Å². The molecule has 0 aliphatic carbocycles. The summed E-state index contributed by atoms with van der Waals surface area (Å²) >= 11 is 0. The Kier molecular flexibility index (Phi) is 6.76. The van der Waals surface area contributed by atoms with E-state index in [-0.39, 0.29) is 11.9 Å². The van der Waals surface area contributed by atoms with Crippen molar-refractivity contribution in [1.82, 2.24) is 5.32 Å². The Morgan fingerprint density at radius 2 is 2.25 bits per heavy atom. The van der Waals surface area contributed by atoms with E-state index in [0.717, 1.165) is 25.8 Å². The van der Waals surface area contributed by atoms with Crippen LogP contribution in [0.3, 0.4) is 0 Å². The van der Waals surface area contributed by atoms with Crippen molar-refractivity contribution in [2.75, 3.05) is 6.54 Å². The Bertz CT molecular complexity index is 124. The van der Waals surface area contributed by atoms with Crippen LogP contribution >= 0.6 is 0 Å². The number of hydrogen-bond acceptors (Lipinski definition) is 2. The molecule has 1 amide bonds. The number of nitrogens with one attached hydrogen (secondary N) is 1. The van der Waals surface area contributed by atoms with E-state index in [0.29, 0.717) is 6.42 Å². The van der Waals surface area contributed by atoms with Crippen molar-refractivity contribution in [3.05, 3.63) is 0 Å². The molecule has 12 heavy (non-hydrogen) atoms. The molecule has 0 heterocycles. The average Bonchev–Trinajstić information content (AvgIpc) is 2.00. The van der Waals surface area contributed by atoms with Gasteiger partial charge >= 0.3 is 0 Å². The molecule has 0 saturated carbocycles. The number of hydrogen-bond donors (Lipinski definition) is 2. The van der Waals surface area contributed by atoms with E-state index in [1.807, 2.05) is 13.8 Å². The molecule has 0 saturated heterocycles. The zero-order chi connectivity index (χ0) is 9.40. The second-order valence-corrected chi connectivity index (χ2v) is 3.22. The van der Waals surface area contributed by atoms with Crippen LogP contribution in [-0.4, -0.2) is 18.5 Å². The molecule has 0 spiro atoms. The Morgan fingerprint density at radius 1 is 1.58 bits per heavy atom. The van der Waals surface area contributed by atoms with Crippen LogP contribution in [0, 0.1) is 0 Å². The third kappa shape index (κ3) is 7.54. The molecule has 0 aromatic rings. The van der Waals surface area contributed by atoms with Crippen molar-refractivity contribution in [3.8, 4) is 0 Å². The van der Waals surface area contributed by atoms with Crippen LogP contribution in [0.2, 0.25) is 0 Å². The molecule has 3 heteroatoms. The molecule has 0 aliphatic heterocycles. The maximum absolute atomic E-state index is 11.0. The van der Waals surface area contributed by atoms with Gasteiger partial charge < -0.3 is 11.1 Å². The Labute approximate surface area is 74.7 Å². The summed E-state index contributed by atoms with van der Waals surface area (Å²) in [5.41, 5.74) is 5.55. The van der Waals surface area contributed by atoms with Gasteiger partial charge in [-0.25, -0.2) is 0 Å². The number of rotatable bonds is 6. The highest BCUT2D eigenvalue weighted by molar-refractivity contribution is 5.75. The molecule has 0 rings (SSSR count). The van der Waals surface area contributed by atoms with Gasteiger partial charge in [0, 0.05) is 19.0 Å². The zero-order valence-electron chi connectivity index (χ0n) is 8.10. The first-order valence-electron chi connectivity index (χ1n) is 4.69. The predicted octanol–water partition coefficient (Wildman–Crippen LogP) is 1.03.